The fourth-order valence-electron chi connectivity index (χ4n) is 3.24. The van der Waals surface area contributed by atoms with Crippen molar-refractivity contribution in [1.29, 1.82) is 0 Å². The second-order valence-corrected chi connectivity index (χ2v) is 7.48. The number of hydrogen-bond acceptors (Lipinski definition) is 2. The maximum absolute atomic E-state index is 12.7. The van der Waals surface area contributed by atoms with Crippen LogP contribution in [0.2, 0.25) is 0 Å². The predicted octanol–water partition coefficient (Wildman–Crippen LogP) is 4.62. The SMILES string of the molecule is Cc1cc(C(=O)NCc2ccc(NC(=O)C(C)C)cc2)c(C)n1-c1ccccc1. The summed E-state index contributed by atoms with van der Waals surface area (Å²) in [5, 5.41) is 5.85. The molecule has 2 amide bonds. The van der Waals surface area contributed by atoms with Gasteiger partial charge >= 0.3 is 0 Å². The Labute approximate surface area is 171 Å². The number of hydrogen-bond donors (Lipinski definition) is 2. The number of carbonyl (C=O) groups is 2. The Kier molecular flexibility index (Phi) is 6.17. The van der Waals surface area contributed by atoms with Crippen LogP contribution in [0.15, 0.2) is 60.7 Å². The molecule has 5 heteroatoms. The van der Waals surface area contributed by atoms with E-state index in [9.17, 15) is 9.59 Å². The van der Waals surface area contributed by atoms with Crippen LogP contribution in [0.4, 0.5) is 5.69 Å². The number of aromatic nitrogens is 1. The third-order valence-corrected chi connectivity index (χ3v) is 4.89. The fourth-order valence-corrected chi connectivity index (χ4v) is 3.24. The van der Waals surface area contributed by atoms with Crippen molar-refractivity contribution < 1.29 is 9.59 Å². The van der Waals surface area contributed by atoms with Crippen LogP contribution in [0.5, 0.6) is 0 Å². The van der Waals surface area contributed by atoms with Gasteiger partial charge < -0.3 is 15.2 Å². The summed E-state index contributed by atoms with van der Waals surface area (Å²) in [4.78, 5) is 24.5. The number of rotatable bonds is 6. The van der Waals surface area contributed by atoms with Crippen LogP contribution in [0.1, 0.15) is 41.2 Å². The van der Waals surface area contributed by atoms with Crippen molar-refractivity contribution in [3.63, 3.8) is 0 Å². The first-order valence-corrected chi connectivity index (χ1v) is 9.79. The van der Waals surface area contributed by atoms with Gasteiger partial charge in [-0.05, 0) is 49.7 Å². The molecule has 0 bridgehead atoms. The second-order valence-electron chi connectivity index (χ2n) is 7.48. The number of anilines is 1. The average Bonchev–Trinajstić information content (AvgIpc) is 3.02. The number of benzene rings is 2. The van der Waals surface area contributed by atoms with Gasteiger partial charge in [-0.15, -0.1) is 0 Å². The zero-order valence-corrected chi connectivity index (χ0v) is 17.3. The highest BCUT2D eigenvalue weighted by Gasteiger charge is 2.16. The maximum Gasteiger partial charge on any atom is 0.253 e. The first kappa shape index (κ1) is 20.4. The molecule has 3 rings (SSSR count). The van der Waals surface area contributed by atoms with E-state index in [0.717, 1.165) is 28.3 Å². The molecule has 0 radical (unpaired) electrons. The highest BCUT2D eigenvalue weighted by molar-refractivity contribution is 5.96. The average molecular weight is 389 g/mol. The lowest BCUT2D eigenvalue weighted by atomic mass is 10.1. The van der Waals surface area contributed by atoms with Crippen LogP contribution in [0.3, 0.4) is 0 Å². The first-order valence-electron chi connectivity index (χ1n) is 9.79. The molecule has 0 fully saturated rings. The Morgan fingerprint density at radius 1 is 0.966 bits per heavy atom. The minimum Gasteiger partial charge on any atom is -0.348 e. The summed E-state index contributed by atoms with van der Waals surface area (Å²) in [5.41, 5.74) is 5.37. The van der Waals surface area contributed by atoms with E-state index in [-0.39, 0.29) is 17.7 Å². The lowest BCUT2D eigenvalue weighted by Gasteiger charge is -2.10. The smallest absolute Gasteiger partial charge is 0.253 e. The van der Waals surface area contributed by atoms with Gasteiger partial charge in [0.15, 0.2) is 0 Å². The minimum absolute atomic E-state index is 0.0141. The van der Waals surface area contributed by atoms with Gasteiger partial charge in [0.05, 0.1) is 5.56 Å². The van der Waals surface area contributed by atoms with Crippen LogP contribution >= 0.6 is 0 Å². The normalized spacial score (nSPS) is 10.8. The summed E-state index contributed by atoms with van der Waals surface area (Å²) in [5.74, 6) is -0.179. The molecule has 5 nitrogen and oxygen atoms in total. The number of amides is 2. The van der Waals surface area contributed by atoms with Gasteiger partial charge in [-0.3, -0.25) is 9.59 Å². The quantitative estimate of drug-likeness (QED) is 0.646. The largest absolute Gasteiger partial charge is 0.348 e. The number of para-hydroxylation sites is 1. The number of nitrogens with zero attached hydrogens (tertiary/aromatic N) is 1. The molecule has 1 heterocycles. The van der Waals surface area contributed by atoms with E-state index in [1.54, 1.807) is 0 Å². The van der Waals surface area contributed by atoms with Gasteiger partial charge in [-0.2, -0.15) is 0 Å². The van der Waals surface area contributed by atoms with Gasteiger partial charge in [0.2, 0.25) is 5.91 Å². The Morgan fingerprint density at radius 2 is 1.62 bits per heavy atom. The number of nitrogens with one attached hydrogen (secondary N) is 2. The lowest BCUT2D eigenvalue weighted by molar-refractivity contribution is -0.118. The Morgan fingerprint density at radius 3 is 2.24 bits per heavy atom. The van der Waals surface area contributed by atoms with Crippen molar-refractivity contribution in [1.82, 2.24) is 9.88 Å². The van der Waals surface area contributed by atoms with Gasteiger partial charge in [-0.1, -0.05) is 44.2 Å². The number of aryl methyl sites for hydroxylation is 1. The van der Waals surface area contributed by atoms with E-state index < -0.39 is 0 Å². The molecule has 0 aliphatic rings. The molecular weight excluding hydrogens is 362 g/mol. The van der Waals surface area contributed by atoms with Crippen LogP contribution in [0, 0.1) is 19.8 Å². The molecule has 0 aliphatic heterocycles. The van der Waals surface area contributed by atoms with Gasteiger partial charge in [0.1, 0.15) is 0 Å². The van der Waals surface area contributed by atoms with E-state index in [1.807, 2.05) is 88.4 Å². The van der Waals surface area contributed by atoms with Crippen molar-refractivity contribution in [2.45, 2.75) is 34.2 Å². The summed E-state index contributed by atoms with van der Waals surface area (Å²) < 4.78 is 2.08. The molecule has 0 unspecified atom stereocenters. The third kappa shape index (κ3) is 4.74. The van der Waals surface area contributed by atoms with Gasteiger partial charge in [-0.25, -0.2) is 0 Å². The molecule has 2 aromatic carbocycles. The summed E-state index contributed by atoms with van der Waals surface area (Å²) in [6.07, 6.45) is 0. The summed E-state index contributed by atoms with van der Waals surface area (Å²) in [7, 11) is 0. The Hall–Kier alpha value is -3.34. The van der Waals surface area contributed by atoms with E-state index >= 15 is 0 Å². The highest BCUT2D eigenvalue weighted by atomic mass is 16.2. The van der Waals surface area contributed by atoms with Crippen LogP contribution in [-0.2, 0) is 11.3 Å². The molecule has 1 aromatic heterocycles. The highest BCUT2D eigenvalue weighted by Crippen LogP contribution is 2.21. The summed E-state index contributed by atoms with van der Waals surface area (Å²) in [6.45, 7) is 8.09. The topological polar surface area (TPSA) is 63.1 Å². The summed E-state index contributed by atoms with van der Waals surface area (Å²) in [6, 6.07) is 19.4. The zero-order chi connectivity index (χ0) is 21.0. The maximum atomic E-state index is 12.7. The molecule has 0 atom stereocenters. The molecule has 3 aromatic rings. The van der Waals surface area contributed by atoms with E-state index in [4.69, 9.17) is 0 Å². The number of carbonyl (C=O) groups excluding carboxylic acids is 2. The first-order chi connectivity index (χ1) is 13.9. The van der Waals surface area contributed by atoms with E-state index in [2.05, 4.69) is 15.2 Å². The van der Waals surface area contributed by atoms with Crippen molar-refractivity contribution in [2.75, 3.05) is 5.32 Å². The third-order valence-electron chi connectivity index (χ3n) is 4.89. The van der Waals surface area contributed by atoms with Crippen molar-refractivity contribution in [2.24, 2.45) is 5.92 Å². The molecular formula is C24H27N3O2. The second kappa shape index (κ2) is 8.78. The van der Waals surface area contributed by atoms with Crippen LogP contribution in [-0.4, -0.2) is 16.4 Å². The van der Waals surface area contributed by atoms with Gasteiger partial charge in [0, 0.05) is 35.2 Å². The van der Waals surface area contributed by atoms with Gasteiger partial charge in [0.25, 0.3) is 5.91 Å². The molecule has 0 saturated heterocycles. The van der Waals surface area contributed by atoms with Crippen LogP contribution < -0.4 is 10.6 Å². The monoisotopic (exact) mass is 389 g/mol. The standard InChI is InChI=1S/C24H27N3O2/c1-16(2)23(28)26-20-12-10-19(11-13-20)15-25-24(29)22-14-17(3)27(18(22)4)21-8-6-5-7-9-21/h5-14,16H,15H2,1-4H3,(H,25,29)(H,26,28). The van der Waals surface area contributed by atoms with Crippen molar-refractivity contribution in [3.8, 4) is 5.69 Å². The lowest BCUT2D eigenvalue weighted by Crippen LogP contribution is -2.23. The predicted molar refractivity (Wildman–Crippen MR) is 116 cm³/mol. The molecule has 0 aliphatic carbocycles. The molecule has 0 saturated carbocycles. The molecule has 150 valence electrons. The molecule has 2 N–H and O–H groups in total. The van der Waals surface area contributed by atoms with E-state index in [0.29, 0.717) is 12.1 Å². The van der Waals surface area contributed by atoms with Crippen molar-refractivity contribution in [3.05, 3.63) is 83.2 Å². The Balaban J connectivity index is 1.66. The van der Waals surface area contributed by atoms with Crippen molar-refractivity contribution >= 4 is 17.5 Å². The van der Waals surface area contributed by atoms with E-state index in [1.165, 1.54) is 0 Å². The molecule has 0 spiro atoms. The Bertz CT molecular complexity index is 1000. The fraction of sp³-hybridized carbons (Fsp3) is 0.250. The molecule has 29 heavy (non-hydrogen) atoms. The zero-order valence-electron chi connectivity index (χ0n) is 17.3. The van der Waals surface area contributed by atoms with Crippen LogP contribution in [0.25, 0.3) is 5.69 Å². The summed E-state index contributed by atoms with van der Waals surface area (Å²) >= 11 is 0. The minimum atomic E-state index is -0.0996.